The van der Waals surface area contributed by atoms with Crippen molar-refractivity contribution in [1.29, 1.82) is 0 Å². The first-order valence-corrected chi connectivity index (χ1v) is 4.69. The van der Waals surface area contributed by atoms with Gasteiger partial charge in [0.05, 0.1) is 13.3 Å². The third kappa shape index (κ3) is 1.68. The van der Waals surface area contributed by atoms with E-state index in [0.29, 0.717) is 11.3 Å². The van der Waals surface area contributed by atoms with Crippen LogP contribution in [0.15, 0.2) is 30.6 Å². The van der Waals surface area contributed by atoms with Crippen LogP contribution in [0.25, 0.3) is 10.8 Å². The number of hydrazine groups is 1. The number of benzene rings is 1. The van der Waals surface area contributed by atoms with Crippen LogP contribution >= 0.6 is 0 Å². The lowest BCUT2D eigenvalue weighted by Gasteiger charge is -2.06. The summed E-state index contributed by atoms with van der Waals surface area (Å²) in [4.78, 5) is 15.4. The lowest BCUT2D eigenvalue weighted by molar-refractivity contribution is 0.0954. The Balaban J connectivity index is 2.63. The molecule has 2 aromatic rings. The third-order valence-corrected chi connectivity index (χ3v) is 2.34. The Morgan fingerprint density at radius 1 is 1.44 bits per heavy atom. The second-order valence-electron chi connectivity index (χ2n) is 3.25. The predicted molar refractivity (Wildman–Crippen MR) is 59.9 cm³/mol. The van der Waals surface area contributed by atoms with Crippen molar-refractivity contribution < 1.29 is 9.53 Å². The molecule has 0 aliphatic rings. The van der Waals surface area contributed by atoms with Crippen LogP contribution in [0, 0.1) is 0 Å². The van der Waals surface area contributed by atoms with Gasteiger partial charge < -0.3 is 4.74 Å². The minimum Gasteiger partial charge on any atom is -0.494 e. The number of nitrogens with zero attached hydrogens (tertiary/aromatic N) is 1. The first-order valence-electron chi connectivity index (χ1n) is 4.69. The fourth-order valence-corrected chi connectivity index (χ4v) is 1.52. The molecule has 5 nitrogen and oxygen atoms in total. The molecule has 0 aliphatic heterocycles. The minimum atomic E-state index is -0.333. The summed E-state index contributed by atoms with van der Waals surface area (Å²) in [5, 5.41) is 1.74. The van der Waals surface area contributed by atoms with Crippen LogP contribution in [-0.4, -0.2) is 18.0 Å². The molecule has 1 aromatic carbocycles. The highest BCUT2D eigenvalue weighted by atomic mass is 16.5. The number of methoxy groups -OCH3 is 1. The second kappa shape index (κ2) is 4.16. The van der Waals surface area contributed by atoms with Gasteiger partial charge in [0, 0.05) is 22.5 Å². The molecular weight excluding hydrogens is 206 g/mol. The van der Waals surface area contributed by atoms with Gasteiger partial charge in [-0.3, -0.25) is 15.2 Å². The van der Waals surface area contributed by atoms with Crippen LogP contribution in [0.1, 0.15) is 10.4 Å². The van der Waals surface area contributed by atoms with E-state index in [1.165, 1.54) is 0 Å². The van der Waals surface area contributed by atoms with Crippen LogP contribution in [0.5, 0.6) is 5.75 Å². The zero-order chi connectivity index (χ0) is 11.5. The van der Waals surface area contributed by atoms with E-state index in [1.54, 1.807) is 37.7 Å². The zero-order valence-corrected chi connectivity index (χ0v) is 8.73. The van der Waals surface area contributed by atoms with Gasteiger partial charge >= 0.3 is 0 Å². The highest BCUT2D eigenvalue weighted by molar-refractivity contribution is 5.99. The lowest BCUT2D eigenvalue weighted by atomic mass is 10.1. The van der Waals surface area contributed by atoms with Gasteiger partial charge in [-0.2, -0.15) is 0 Å². The summed E-state index contributed by atoms with van der Waals surface area (Å²) in [5.41, 5.74) is 2.57. The summed E-state index contributed by atoms with van der Waals surface area (Å²) in [5.74, 6) is 5.37. The van der Waals surface area contributed by atoms with Crippen molar-refractivity contribution in [3.05, 3.63) is 36.2 Å². The van der Waals surface area contributed by atoms with Crippen molar-refractivity contribution >= 4 is 16.7 Å². The molecule has 82 valence electrons. The Kier molecular flexibility index (Phi) is 2.70. The molecule has 0 atom stereocenters. The van der Waals surface area contributed by atoms with Crippen molar-refractivity contribution in [2.24, 2.45) is 5.84 Å². The van der Waals surface area contributed by atoms with Gasteiger partial charge in [-0.15, -0.1) is 0 Å². The van der Waals surface area contributed by atoms with Gasteiger partial charge in [-0.1, -0.05) is 6.07 Å². The predicted octanol–water partition coefficient (Wildman–Crippen LogP) is 0.847. The number of nitrogens with two attached hydrogens (primary N) is 1. The number of hydrogen-bond donors (Lipinski definition) is 2. The summed E-state index contributed by atoms with van der Waals surface area (Å²) in [6.45, 7) is 0. The molecule has 0 radical (unpaired) electrons. The number of amides is 1. The van der Waals surface area contributed by atoms with Crippen molar-refractivity contribution in [2.75, 3.05) is 7.11 Å². The molecule has 0 spiro atoms. The number of nitrogens with one attached hydrogen (secondary N) is 1. The number of nitrogen functional groups attached to an aromatic ring is 1. The van der Waals surface area contributed by atoms with E-state index >= 15 is 0 Å². The third-order valence-electron chi connectivity index (χ3n) is 2.34. The van der Waals surface area contributed by atoms with Gasteiger partial charge in [-0.05, 0) is 12.1 Å². The Morgan fingerprint density at radius 2 is 2.25 bits per heavy atom. The molecule has 16 heavy (non-hydrogen) atoms. The second-order valence-corrected chi connectivity index (χ2v) is 3.25. The molecule has 1 aromatic heterocycles. The van der Waals surface area contributed by atoms with Crippen molar-refractivity contribution in [3.8, 4) is 5.75 Å². The maximum absolute atomic E-state index is 11.4. The molecule has 2 rings (SSSR count). The molecule has 1 amide bonds. The van der Waals surface area contributed by atoms with Gasteiger partial charge in [0.15, 0.2) is 0 Å². The summed E-state index contributed by atoms with van der Waals surface area (Å²) in [6, 6.07) is 5.21. The highest BCUT2D eigenvalue weighted by Crippen LogP contribution is 2.24. The minimum absolute atomic E-state index is 0.333. The molecular formula is C11H11N3O2. The summed E-state index contributed by atoms with van der Waals surface area (Å²) in [7, 11) is 1.56. The molecule has 3 N–H and O–H groups in total. The maximum Gasteiger partial charge on any atom is 0.265 e. The molecule has 1 heterocycles. The number of aromatic nitrogens is 1. The standard InChI is InChI=1S/C11H11N3O2/c1-16-10-6-13-5-8-3-2-7(4-9(8)10)11(15)14-12/h2-6H,12H2,1H3,(H,14,15). The van der Waals surface area contributed by atoms with Gasteiger partial charge in [0.2, 0.25) is 0 Å². The van der Waals surface area contributed by atoms with E-state index in [1.807, 2.05) is 0 Å². The maximum atomic E-state index is 11.4. The van der Waals surface area contributed by atoms with E-state index in [9.17, 15) is 4.79 Å². The first kappa shape index (κ1) is 10.4. The molecule has 0 unspecified atom stereocenters. The topological polar surface area (TPSA) is 77.2 Å². The van der Waals surface area contributed by atoms with Crippen molar-refractivity contribution in [2.45, 2.75) is 0 Å². The number of rotatable bonds is 2. The molecule has 0 bridgehead atoms. The van der Waals surface area contributed by atoms with E-state index in [2.05, 4.69) is 10.4 Å². The molecule has 5 heteroatoms. The lowest BCUT2D eigenvalue weighted by Crippen LogP contribution is -2.29. The number of fused-ring (bicyclic) bond motifs is 1. The van der Waals surface area contributed by atoms with Crippen molar-refractivity contribution in [3.63, 3.8) is 0 Å². The molecule has 0 aliphatic carbocycles. The fraction of sp³-hybridized carbons (Fsp3) is 0.0909. The summed E-state index contributed by atoms with van der Waals surface area (Å²) >= 11 is 0. The van der Waals surface area contributed by atoms with Crippen LogP contribution in [0.2, 0.25) is 0 Å². The van der Waals surface area contributed by atoms with Crippen LogP contribution in [0.4, 0.5) is 0 Å². The number of carbonyl (C=O) groups is 1. The smallest absolute Gasteiger partial charge is 0.265 e. The van der Waals surface area contributed by atoms with E-state index in [-0.39, 0.29) is 5.91 Å². The van der Waals surface area contributed by atoms with Gasteiger partial charge in [0.1, 0.15) is 5.75 Å². The first-order chi connectivity index (χ1) is 7.76. The highest BCUT2D eigenvalue weighted by Gasteiger charge is 2.07. The number of pyridine rings is 1. The van der Waals surface area contributed by atoms with Gasteiger partial charge in [0.25, 0.3) is 5.91 Å². The quantitative estimate of drug-likeness (QED) is 0.444. The van der Waals surface area contributed by atoms with Crippen molar-refractivity contribution in [1.82, 2.24) is 10.4 Å². The van der Waals surface area contributed by atoms with E-state index < -0.39 is 0 Å². The SMILES string of the molecule is COc1cncc2ccc(C(=O)NN)cc12. The largest absolute Gasteiger partial charge is 0.494 e. The summed E-state index contributed by atoms with van der Waals surface area (Å²) in [6.07, 6.45) is 3.31. The number of hydrogen-bond acceptors (Lipinski definition) is 4. The average Bonchev–Trinajstić information content (AvgIpc) is 2.36. The van der Waals surface area contributed by atoms with E-state index in [0.717, 1.165) is 10.8 Å². The Hall–Kier alpha value is -2.14. The van der Waals surface area contributed by atoms with Gasteiger partial charge in [-0.25, -0.2) is 5.84 Å². The number of carbonyl (C=O) groups excluding carboxylic acids is 1. The number of ether oxygens (including phenoxy) is 1. The fourth-order valence-electron chi connectivity index (χ4n) is 1.52. The van der Waals surface area contributed by atoms with Crippen LogP contribution in [-0.2, 0) is 0 Å². The zero-order valence-electron chi connectivity index (χ0n) is 8.73. The normalized spacial score (nSPS) is 10.1. The summed E-state index contributed by atoms with van der Waals surface area (Å²) < 4.78 is 5.17. The average molecular weight is 217 g/mol. The molecule has 0 fully saturated rings. The molecule has 0 saturated heterocycles. The Bertz CT molecular complexity index is 540. The van der Waals surface area contributed by atoms with Crippen LogP contribution < -0.4 is 16.0 Å². The Morgan fingerprint density at radius 3 is 2.94 bits per heavy atom. The van der Waals surface area contributed by atoms with E-state index in [4.69, 9.17) is 10.6 Å². The monoisotopic (exact) mass is 217 g/mol. The Labute approximate surface area is 92.2 Å². The molecule has 0 saturated carbocycles. The van der Waals surface area contributed by atoms with Crippen LogP contribution in [0.3, 0.4) is 0 Å².